The number of aryl methyl sites for hydroxylation is 1. The summed E-state index contributed by atoms with van der Waals surface area (Å²) >= 11 is 0. The average Bonchev–Trinajstić information content (AvgIpc) is 3.83. The van der Waals surface area contributed by atoms with Crippen LogP contribution in [0.2, 0.25) is 0 Å². The van der Waals surface area contributed by atoms with E-state index in [0.717, 1.165) is 86.5 Å². The second-order valence-corrected chi connectivity index (χ2v) is 13.5. The van der Waals surface area contributed by atoms with Crippen molar-refractivity contribution in [2.24, 2.45) is 5.92 Å². The lowest BCUT2D eigenvalue weighted by molar-refractivity contribution is 0.0512. The van der Waals surface area contributed by atoms with Gasteiger partial charge in [-0.3, -0.25) is 4.90 Å². The van der Waals surface area contributed by atoms with Crippen molar-refractivity contribution < 1.29 is 18.6 Å². The molecule has 5 aliphatic heterocycles. The first-order valence-corrected chi connectivity index (χ1v) is 16.7. The van der Waals surface area contributed by atoms with Crippen LogP contribution in [0.5, 0.6) is 11.8 Å². The number of benzene rings is 2. The highest BCUT2D eigenvalue weighted by Crippen LogP contribution is 2.42. The van der Waals surface area contributed by atoms with Crippen LogP contribution in [-0.2, 0) is 24.1 Å². The Kier molecular flexibility index (Phi) is 7.62. The van der Waals surface area contributed by atoms with Gasteiger partial charge in [0.15, 0.2) is 6.79 Å². The van der Waals surface area contributed by atoms with Crippen LogP contribution in [0.1, 0.15) is 43.0 Å². The molecule has 2 unspecified atom stereocenters. The highest BCUT2D eigenvalue weighted by atomic mass is 19.1. The summed E-state index contributed by atoms with van der Waals surface area (Å²) < 4.78 is 32.9. The maximum Gasteiger partial charge on any atom is 0.318 e. The van der Waals surface area contributed by atoms with E-state index >= 15 is 4.39 Å². The molecule has 3 aromatic rings. The van der Waals surface area contributed by atoms with Crippen molar-refractivity contribution in [3.63, 3.8) is 0 Å². The Bertz CT molecular complexity index is 1730. The summed E-state index contributed by atoms with van der Waals surface area (Å²) in [6, 6.07) is 7.82. The lowest BCUT2D eigenvalue weighted by atomic mass is 9.94. The summed E-state index contributed by atoms with van der Waals surface area (Å²) in [4.78, 5) is 17.4. The molecule has 6 heterocycles. The van der Waals surface area contributed by atoms with Gasteiger partial charge in [-0.15, -0.1) is 0 Å². The van der Waals surface area contributed by atoms with Crippen molar-refractivity contribution >= 4 is 22.3 Å². The van der Waals surface area contributed by atoms with Gasteiger partial charge in [0.05, 0.1) is 17.8 Å². The van der Waals surface area contributed by atoms with Gasteiger partial charge in [-0.05, 0) is 67.3 Å². The number of aromatic nitrogens is 2. The molecule has 5 aliphatic rings. The third kappa shape index (κ3) is 5.11. The fourth-order valence-electron chi connectivity index (χ4n) is 8.45. The van der Waals surface area contributed by atoms with Crippen LogP contribution in [0.4, 0.5) is 15.9 Å². The second-order valence-electron chi connectivity index (χ2n) is 13.5. The Morgan fingerprint density at radius 2 is 2.07 bits per heavy atom. The molecule has 0 bridgehead atoms. The van der Waals surface area contributed by atoms with E-state index in [9.17, 15) is 0 Å². The topological polar surface area (TPSA) is 75.2 Å². The minimum absolute atomic E-state index is 0.0109. The Hall–Kier alpha value is -3.73. The van der Waals surface area contributed by atoms with Crippen LogP contribution < -0.4 is 24.6 Å². The highest BCUT2D eigenvalue weighted by molar-refractivity contribution is 5.98. The van der Waals surface area contributed by atoms with Crippen LogP contribution in [0.15, 0.2) is 48.2 Å². The molecule has 3 fully saturated rings. The SMILES string of the molecule is C=C1CN2CCCC2(COc2nc3c(c(N4C=C5CNCC5C4)n2)CCN(c2cc(OCOC)cc4ccc(F)c(CC)c24)C3)C1. The van der Waals surface area contributed by atoms with Crippen LogP contribution in [0.3, 0.4) is 0 Å². The van der Waals surface area contributed by atoms with Crippen molar-refractivity contribution in [3.05, 3.63) is 70.8 Å². The molecule has 1 aromatic heterocycles. The maximum absolute atomic E-state index is 15.2. The molecule has 3 saturated heterocycles. The number of methoxy groups -OCH3 is 1. The standard InChI is InChI=1S/C36H43FN6O3/c1-4-28-30(37)7-6-24-12-27(46-22-44-3)13-32(33(24)28)41-11-8-29-31(20-41)39-35(40-34(29)42-18-25-15-38-16-26(25)19-42)45-21-36-9-5-10-43(36)17-23(2)14-36/h6-7,12-13,18,26,38H,2,4-5,8-11,14-17,19-22H2,1,3H3. The lowest BCUT2D eigenvalue weighted by Gasteiger charge is -2.34. The van der Waals surface area contributed by atoms with E-state index in [-0.39, 0.29) is 18.1 Å². The van der Waals surface area contributed by atoms with Gasteiger partial charge in [0.2, 0.25) is 0 Å². The highest BCUT2D eigenvalue weighted by Gasteiger charge is 2.46. The predicted octanol–water partition coefficient (Wildman–Crippen LogP) is 4.97. The van der Waals surface area contributed by atoms with Crippen molar-refractivity contribution in [3.8, 4) is 11.8 Å². The van der Waals surface area contributed by atoms with Gasteiger partial charge in [0.25, 0.3) is 0 Å². The molecule has 0 spiro atoms. The van der Waals surface area contributed by atoms with Crippen molar-refractivity contribution in [2.45, 2.75) is 51.1 Å². The Morgan fingerprint density at radius 3 is 2.91 bits per heavy atom. The normalized spacial score (nSPS) is 24.0. The quantitative estimate of drug-likeness (QED) is 0.262. The molecule has 242 valence electrons. The molecule has 46 heavy (non-hydrogen) atoms. The van der Waals surface area contributed by atoms with E-state index in [1.165, 1.54) is 23.1 Å². The minimum Gasteiger partial charge on any atom is -0.467 e. The van der Waals surface area contributed by atoms with Gasteiger partial charge in [-0.1, -0.05) is 25.1 Å². The molecule has 2 aromatic carbocycles. The van der Waals surface area contributed by atoms with Gasteiger partial charge in [0, 0.05) is 74.7 Å². The molecular formula is C36H43FN6O3. The first-order valence-electron chi connectivity index (χ1n) is 16.7. The second kappa shape index (κ2) is 11.8. The Labute approximate surface area is 270 Å². The average molecular weight is 627 g/mol. The summed E-state index contributed by atoms with van der Waals surface area (Å²) in [6.07, 6.45) is 6.90. The van der Waals surface area contributed by atoms with E-state index in [1.807, 2.05) is 25.1 Å². The van der Waals surface area contributed by atoms with Crippen LogP contribution in [0.25, 0.3) is 10.8 Å². The number of nitrogens with zero attached hydrogens (tertiary/aromatic N) is 5. The first kappa shape index (κ1) is 29.7. The fraction of sp³-hybridized carbons (Fsp3) is 0.500. The van der Waals surface area contributed by atoms with Crippen molar-refractivity contribution in [1.82, 2.24) is 20.2 Å². The molecule has 8 rings (SSSR count). The summed E-state index contributed by atoms with van der Waals surface area (Å²) in [7, 11) is 1.61. The predicted molar refractivity (Wildman–Crippen MR) is 177 cm³/mol. The van der Waals surface area contributed by atoms with Gasteiger partial charge in [0.1, 0.15) is 24.0 Å². The number of ether oxygens (including phenoxy) is 3. The number of hydrogen-bond donors (Lipinski definition) is 1. The minimum atomic E-state index is -0.184. The van der Waals surface area contributed by atoms with E-state index in [2.05, 4.69) is 32.8 Å². The number of nitrogens with one attached hydrogen (secondary N) is 1. The number of hydrogen-bond acceptors (Lipinski definition) is 9. The Morgan fingerprint density at radius 1 is 1.15 bits per heavy atom. The van der Waals surface area contributed by atoms with E-state index in [1.54, 1.807) is 13.2 Å². The lowest BCUT2D eigenvalue weighted by Crippen LogP contribution is -2.43. The molecule has 0 saturated carbocycles. The maximum atomic E-state index is 15.2. The summed E-state index contributed by atoms with van der Waals surface area (Å²) in [5, 5.41) is 5.37. The number of rotatable bonds is 9. The van der Waals surface area contributed by atoms with E-state index in [4.69, 9.17) is 24.2 Å². The third-order valence-corrected chi connectivity index (χ3v) is 10.6. The number of halogens is 1. The fourth-order valence-corrected chi connectivity index (χ4v) is 8.45. The van der Waals surface area contributed by atoms with Crippen molar-refractivity contribution in [1.29, 1.82) is 0 Å². The molecule has 2 atom stereocenters. The smallest absolute Gasteiger partial charge is 0.318 e. The zero-order valence-corrected chi connectivity index (χ0v) is 26.9. The number of anilines is 2. The molecule has 1 N–H and O–H groups in total. The third-order valence-electron chi connectivity index (χ3n) is 10.6. The van der Waals surface area contributed by atoms with E-state index in [0.29, 0.717) is 42.8 Å². The summed E-state index contributed by atoms with van der Waals surface area (Å²) in [5.74, 6) is 1.98. The zero-order chi connectivity index (χ0) is 31.4. The molecule has 0 amide bonds. The molecule has 0 radical (unpaired) electrons. The number of fused-ring (bicyclic) bond motifs is 4. The van der Waals surface area contributed by atoms with Crippen LogP contribution in [0, 0.1) is 11.7 Å². The monoisotopic (exact) mass is 626 g/mol. The summed E-state index contributed by atoms with van der Waals surface area (Å²) in [6.45, 7) is 13.2. The van der Waals surface area contributed by atoms with Gasteiger partial charge in [-0.25, -0.2) is 4.39 Å². The summed E-state index contributed by atoms with van der Waals surface area (Å²) in [5.41, 5.74) is 6.49. The largest absolute Gasteiger partial charge is 0.467 e. The first-order chi connectivity index (χ1) is 22.4. The molecule has 9 nitrogen and oxygen atoms in total. The van der Waals surface area contributed by atoms with Gasteiger partial charge < -0.3 is 29.3 Å². The van der Waals surface area contributed by atoms with E-state index < -0.39 is 0 Å². The molecular weight excluding hydrogens is 583 g/mol. The van der Waals surface area contributed by atoms with Gasteiger partial charge in [-0.2, -0.15) is 9.97 Å². The molecule has 0 aliphatic carbocycles. The van der Waals surface area contributed by atoms with Crippen LogP contribution >= 0.6 is 0 Å². The van der Waals surface area contributed by atoms with Gasteiger partial charge >= 0.3 is 6.01 Å². The Balaban J connectivity index is 1.17. The molecule has 10 heteroatoms. The van der Waals surface area contributed by atoms with Crippen LogP contribution in [-0.4, -0.2) is 80.2 Å². The van der Waals surface area contributed by atoms with Crippen molar-refractivity contribution in [2.75, 3.05) is 69.6 Å². The zero-order valence-electron chi connectivity index (χ0n) is 26.9.